The number of anilines is 1. The number of nitrogens with two attached hydrogens (primary N) is 1. The van der Waals surface area contributed by atoms with Crippen LogP contribution in [0.4, 0.5) is 10.6 Å². The molecule has 1 fully saturated rings. The van der Waals surface area contributed by atoms with Gasteiger partial charge in [-0.05, 0) is 62.1 Å². The van der Waals surface area contributed by atoms with Gasteiger partial charge in [0, 0.05) is 19.6 Å². The molecule has 0 spiro atoms. The summed E-state index contributed by atoms with van der Waals surface area (Å²) in [6, 6.07) is 0. The minimum absolute atomic E-state index is 0.247. The van der Waals surface area contributed by atoms with E-state index < -0.39 is 5.60 Å². The van der Waals surface area contributed by atoms with Gasteiger partial charge in [-0.15, -0.1) is 0 Å². The van der Waals surface area contributed by atoms with E-state index >= 15 is 0 Å². The van der Waals surface area contributed by atoms with Gasteiger partial charge in [0.15, 0.2) is 5.65 Å². The molecule has 136 valence electrons. The minimum Gasteiger partial charge on any atom is -0.444 e. The number of nitrogen functional groups attached to an aromatic ring is 1. The number of ether oxygens (including phenoxy) is 1. The van der Waals surface area contributed by atoms with Crippen molar-refractivity contribution in [2.75, 3.05) is 18.8 Å². The maximum atomic E-state index is 12.3. The van der Waals surface area contributed by atoms with E-state index in [0.29, 0.717) is 24.8 Å². The molecule has 2 N–H and O–H groups in total. The molecule has 0 aromatic carbocycles. The van der Waals surface area contributed by atoms with Crippen LogP contribution in [0.15, 0.2) is 6.33 Å². The Morgan fingerprint density at radius 2 is 2.20 bits per heavy atom. The molecular formula is C16H23IN6O2. The molecule has 25 heavy (non-hydrogen) atoms. The molecule has 9 heteroatoms. The average molecular weight is 458 g/mol. The van der Waals surface area contributed by atoms with Crippen molar-refractivity contribution in [3.8, 4) is 0 Å². The zero-order valence-corrected chi connectivity index (χ0v) is 16.9. The van der Waals surface area contributed by atoms with Gasteiger partial charge in [-0.3, -0.25) is 0 Å². The number of carbonyl (C=O) groups excluding carboxylic acids is 1. The molecule has 0 aliphatic carbocycles. The fourth-order valence-electron chi connectivity index (χ4n) is 3.06. The minimum atomic E-state index is -0.479. The van der Waals surface area contributed by atoms with Crippen LogP contribution in [0.1, 0.15) is 33.6 Å². The van der Waals surface area contributed by atoms with Gasteiger partial charge in [0.05, 0.1) is 5.39 Å². The van der Waals surface area contributed by atoms with Crippen LogP contribution in [0, 0.1) is 9.62 Å². The number of piperidine rings is 1. The molecule has 1 amide bonds. The molecule has 0 radical (unpaired) electrons. The smallest absolute Gasteiger partial charge is 0.410 e. The van der Waals surface area contributed by atoms with E-state index in [1.807, 2.05) is 25.5 Å². The number of nitrogens with zero attached hydrogens (tertiary/aromatic N) is 5. The Kier molecular flexibility index (Phi) is 5.03. The zero-order chi connectivity index (χ0) is 18.2. The predicted octanol–water partition coefficient (Wildman–Crippen LogP) is 2.66. The lowest BCUT2D eigenvalue weighted by molar-refractivity contribution is 0.0156. The first kappa shape index (κ1) is 18.2. The van der Waals surface area contributed by atoms with E-state index in [2.05, 4.69) is 37.7 Å². The van der Waals surface area contributed by atoms with Crippen LogP contribution in [0.2, 0.25) is 0 Å². The van der Waals surface area contributed by atoms with Crippen molar-refractivity contribution < 1.29 is 9.53 Å². The Hall–Kier alpha value is -1.65. The second-order valence-electron chi connectivity index (χ2n) is 7.37. The molecular weight excluding hydrogens is 435 g/mol. The highest BCUT2D eigenvalue weighted by Gasteiger charge is 2.28. The summed E-state index contributed by atoms with van der Waals surface area (Å²) in [5.74, 6) is 0.746. The van der Waals surface area contributed by atoms with Crippen molar-refractivity contribution in [3.63, 3.8) is 0 Å². The van der Waals surface area contributed by atoms with Gasteiger partial charge in [0.25, 0.3) is 0 Å². The number of fused-ring (bicyclic) bond motifs is 1. The standard InChI is InChI=1S/C16H23IN6O2/c1-16(2,3)25-15(24)22-6-4-5-10(7-22)8-23-14-11(12(17)21-23)13(18)19-9-20-14/h9-10H,4-8H2,1-3H3,(H2,18,19,20)/t10-/m1/s1. The summed E-state index contributed by atoms with van der Waals surface area (Å²) in [6.07, 6.45) is 3.21. The molecule has 1 saturated heterocycles. The summed E-state index contributed by atoms with van der Waals surface area (Å²) < 4.78 is 8.16. The molecule has 1 atom stereocenters. The topological polar surface area (TPSA) is 99.2 Å². The Balaban J connectivity index is 1.73. The number of carbonyl (C=O) groups is 1. The van der Waals surface area contributed by atoms with E-state index in [-0.39, 0.29) is 6.09 Å². The first-order chi connectivity index (χ1) is 11.7. The fourth-order valence-corrected chi connectivity index (χ4v) is 3.84. The summed E-state index contributed by atoms with van der Waals surface area (Å²) in [5, 5.41) is 5.35. The normalized spacial score (nSPS) is 18.6. The summed E-state index contributed by atoms with van der Waals surface area (Å²) in [5.41, 5.74) is 6.21. The monoisotopic (exact) mass is 458 g/mol. The van der Waals surface area contributed by atoms with Crippen molar-refractivity contribution in [1.29, 1.82) is 0 Å². The van der Waals surface area contributed by atoms with Crippen molar-refractivity contribution >= 4 is 45.5 Å². The van der Waals surface area contributed by atoms with Gasteiger partial charge in [-0.1, -0.05) is 0 Å². The van der Waals surface area contributed by atoms with E-state index in [1.54, 1.807) is 4.90 Å². The maximum absolute atomic E-state index is 12.3. The van der Waals surface area contributed by atoms with E-state index in [0.717, 1.165) is 34.1 Å². The predicted molar refractivity (Wildman–Crippen MR) is 103 cm³/mol. The number of rotatable bonds is 2. The lowest BCUT2D eigenvalue weighted by Gasteiger charge is -2.34. The van der Waals surface area contributed by atoms with Crippen molar-refractivity contribution in [2.45, 2.75) is 45.8 Å². The number of aromatic nitrogens is 4. The molecule has 3 rings (SSSR count). The largest absolute Gasteiger partial charge is 0.444 e. The van der Waals surface area contributed by atoms with Gasteiger partial charge in [-0.25, -0.2) is 19.4 Å². The summed E-state index contributed by atoms with van der Waals surface area (Å²) in [7, 11) is 0. The van der Waals surface area contributed by atoms with Gasteiger partial charge in [0.1, 0.15) is 21.4 Å². The SMILES string of the molecule is CC(C)(C)OC(=O)N1CCC[C@@H](Cn2nc(I)c3c(N)ncnc32)C1. The highest BCUT2D eigenvalue weighted by atomic mass is 127. The first-order valence-corrected chi connectivity index (χ1v) is 9.43. The quantitative estimate of drug-likeness (QED) is 0.695. The van der Waals surface area contributed by atoms with Crippen LogP contribution in [0.3, 0.4) is 0 Å². The second kappa shape index (κ2) is 6.93. The molecule has 8 nitrogen and oxygen atoms in total. The number of hydrogen-bond acceptors (Lipinski definition) is 6. The zero-order valence-electron chi connectivity index (χ0n) is 14.7. The Morgan fingerprint density at radius 3 is 2.92 bits per heavy atom. The van der Waals surface area contributed by atoms with Crippen LogP contribution in [0.5, 0.6) is 0 Å². The number of hydrogen-bond donors (Lipinski definition) is 1. The van der Waals surface area contributed by atoms with E-state index in [9.17, 15) is 4.79 Å². The van der Waals surface area contributed by atoms with Gasteiger partial charge in [0.2, 0.25) is 0 Å². The van der Waals surface area contributed by atoms with Crippen LogP contribution in [-0.4, -0.2) is 49.4 Å². The van der Waals surface area contributed by atoms with Crippen LogP contribution < -0.4 is 5.73 Å². The number of halogens is 1. The maximum Gasteiger partial charge on any atom is 0.410 e. The second-order valence-corrected chi connectivity index (χ2v) is 8.39. The highest BCUT2D eigenvalue weighted by molar-refractivity contribution is 14.1. The van der Waals surface area contributed by atoms with Gasteiger partial charge < -0.3 is 15.4 Å². The van der Waals surface area contributed by atoms with E-state index in [1.165, 1.54) is 6.33 Å². The number of likely N-dealkylation sites (tertiary alicyclic amines) is 1. The molecule has 2 aromatic heterocycles. The molecule has 2 aromatic rings. The van der Waals surface area contributed by atoms with Crippen molar-refractivity contribution in [2.24, 2.45) is 5.92 Å². The molecule has 3 heterocycles. The van der Waals surface area contributed by atoms with Crippen LogP contribution in [0.25, 0.3) is 11.0 Å². The summed E-state index contributed by atoms with van der Waals surface area (Å²) in [6.45, 7) is 7.73. The molecule has 1 aliphatic heterocycles. The number of amides is 1. The summed E-state index contributed by atoms with van der Waals surface area (Å²) in [4.78, 5) is 22.5. The van der Waals surface area contributed by atoms with Gasteiger partial charge in [-0.2, -0.15) is 5.10 Å². The molecule has 0 unspecified atom stereocenters. The molecule has 0 bridgehead atoms. The Labute approximate surface area is 160 Å². The van der Waals surface area contributed by atoms with Crippen molar-refractivity contribution in [3.05, 3.63) is 10.0 Å². The third kappa shape index (κ3) is 4.13. The molecule has 0 saturated carbocycles. The lowest BCUT2D eigenvalue weighted by Crippen LogP contribution is -2.43. The third-order valence-electron chi connectivity index (χ3n) is 4.12. The highest BCUT2D eigenvalue weighted by Crippen LogP contribution is 2.25. The third-order valence-corrected chi connectivity index (χ3v) is 4.87. The van der Waals surface area contributed by atoms with Crippen LogP contribution in [-0.2, 0) is 11.3 Å². The molecule has 1 aliphatic rings. The van der Waals surface area contributed by atoms with Crippen LogP contribution >= 0.6 is 22.6 Å². The van der Waals surface area contributed by atoms with Crippen molar-refractivity contribution in [1.82, 2.24) is 24.6 Å². The first-order valence-electron chi connectivity index (χ1n) is 8.35. The van der Waals surface area contributed by atoms with E-state index in [4.69, 9.17) is 10.5 Å². The summed E-state index contributed by atoms with van der Waals surface area (Å²) >= 11 is 2.15. The fraction of sp³-hybridized carbons (Fsp3) is 0.625. The Morgan fingerprint density at radius 1 is 1.44 bits per heavy atom. The average Bonchev–Trinajstić information content (AvgIpc) is 2.83. The van der Waals surface area contributed by atoms with Gasteiger partial charge >= 0.3 is 6.09 Å². The lowest BCUT2D eigenvalue weighted by atomic mass is 9.98. The Bertz CT molecular complexity index is 785.